The third kappa shape index (κ3) is 4.55. The van der Waals surface area contributed by atoms with Gasteiger partial charge in [-0.3, -0.25) is 24.6 Å². The van der Waals surface area contributed by atoms with E-state index in [1.807, 2.05) is 4.90 Å². The van der Waals surface area contributed by atoms with Crippen LogP contribution in [0.4, 0.5) is 10.5 Å². The third-order valence-electron chi connectivity index (χ3n) is 6.34. The van der Waals surface area contributed by atoms with Crippen molar-refractivity contribution in [1.82, 2.24) is 20.4 Å². The van der Waals surface area contributed by atoms with E-state index in [0.717, 1.165) is 25.9 Å². The second-order valence-electron chi connectivity index (χ2n) is 8.28. The van der Waals surface area contributed by atoms with Gasteiger partial charge in [0, 0.05) is 50.6 Å². The van der Waals surface area contributed by atoms with Crippen LogP contribution in [-0.4, -0.2) is 86.5 Å². The number of amides is 5. The van der Waals surface area contributed by atoms with Gasteiger partial charge in [0.15, 0.2) is 0 Å². The molecule has 172 valence electrons. The molecule has 5 amide bonds. The standard InChI is InChI=1S/C22H29N5O5/c1-32-18-14-16(2-3-17(18)27-9-6-19(28)24-22(27)31)21(30)26-12-10-25(11-13-26)20(29)15-4-7-23-8-5-15/h2-3,14-15,23H,4-13H2,1H3,(H,24,28,31). The highest BCUT2D eigenvalue weighted by Gasteiger charge is 2.31. The molecule has 1 aromatic rings. The van der Waals surface area contributed by atoms with Crippen molar-refractivity contribution in [2.75, 3.05) is 57.8 Å². The van der Waals surface area contributed by atoms with Gasteiger partial charge in [0.05, 0.1) is 12.8 Å². The molecule has 0 spiro atoms. The highest BCUT2D eigenvalue weighted by Crippen LogP contribution is 2.31. The molecular formula is C22H29N5O5. The summed E-state index contributed by atoms with van der Waals surface area (Å²) in [4.78, 5) is 54.4. The number of ether oxygens (including phenoxy) is 1. The number of nitrogens with zero attached hydrogens (tertiary/aromatic N) is 3. The van der Waals surface area contributed by atoms with Crippen LogP contribution in [-0.2, 0) is 9.59 Å². The summed E-state index contributed by atoms with van der Waals surface area (Å²) in [5.74, 6) is 0.220. The SMILES string of the molecule is COc1cc(C(=O)N2CCN(C(=O)C3CCNCC3)CC2)ccc1N1CCC(=O)NC1=O. The van der Waals surface area contributed by atoms with E-state index in [9.17, 15) is 19.2 Å². The minimum Gasteiger partial charge on any atom is -0.495 e. The van der Waals surface area contributed by atoms with Crippen molar-refractivity contribution >= 4 is 29.4 Å². The molecule has 0 radical (unpaired) electrons. The number of benzene rings is 1. The predicted molar refractivity (Wildman–Crippen MR) is 117 cm³/mol. The molecule has 0 unspecified atom stereocenters. The molecule has 2 N–H and O–H groups in total. The maximum atomic E-state index is 13.1. The van der Waals surface area contributed by atoms with Crippen LogP contribution in [0.5, 0.6) is 5.75 Å². The number of urea groups is 1. The molecule has 3 fully saturated rings. The van der Waals surface area contributed by atoms with Crippen LogP contribution in [0.25, 0.3) is 0 Å². The first-order valence-electron chi connectivity index (χ1n) is 11.1. The summed E-state index contributed by atoms with van der Waals surface area (Å²) in [6.45, 7) is 4.04. The second kappa shape index (κ2) is 9.56. The van der Waals surface area contributed by atoms with Crippen molar-refractivity contribution in [2.45, 2.75) is 19.3 Å². The van der Waals surface area contributed by atoms with Gasteiger partial charge >= 0.3 is 6.03 Å². The molecule has 4 rings (SSSR count). The van der Waals surface area contributed by atoms with Crippen LogP contribution in [0.2, 0.25) is 0 Å². The number of rotatable bonds is 4. The summed E-state index contributed by atoms with van der Waals surface area (Å²) in [5.41, 5.74) is 0.962. The van der Waals surface area contributed by atoms with Gasteiger partial charge in [0.25, 0.3) is 5.91 Å². The van der Waals surface area contributed by atoms with Gasteiger partial charge in [-0.25, -0.2) is 4.79 Å². The Balaban J connectivity index is 1.40. The average molecular weight is 444 g/mol. The minimum absolute atomic E-state index is 0.0811. The number of carbonyl (C=O) groups is 4. The van der Waals surface area contributed by atoms with Crippen LogP contribution < -0.4 is 20.3 Å². The molecule has 3 saturated heterocycles. The van der Waals surface area contributed by atoms with E-state index >= 15 is 0 Å². The van der Waals surface area contributed by atoms with Gasteiger partial charge in [0.1, 0.15) is 5.75 Å². The van der Waals surface area contributed by atoms with Gasteiger partial charge in [-0.2, -0.15) is 0 Å². The first kappa shape index (κ1) is 22.1. The fraction of sp³-hybridized carbons (Fsp3) is 0.545. The van der Waals surface area contributed by atoms with E-state index in [2.05, 4.69) is 10.6 Å². The van der Waals surface area contributed by atoms with E-state index in [4.69, 9.17) is 4.74 Å². The van der Waals surface area contributed by atoms with Gasteiger partial charge in [-0.05, 0) is 44.1 Å². The number of piperazine rings is 1. The van der Waals surface area contributed by atoms with Crippen molar-refractivity contribution in [1.29, 1.82) is 0 Å². The normalized spacial score (nSPS) is 20.2. The van der Waals surface area contributed by atoms with Gasteiger partial charge in [-0.15, -0.1) is 0 Å². The number of imide groups is 1. The number of nitrogens with one attached hydrogen (secondary N) is 2. The molecule has 32 heavy (non-hydrogen) atoms. The lowest BCUT2D eigenvalue weighted by atomic mass is 9.96. The molecule has 1 aromatic carbocycles. The molecule has 10 nitrogen and oxygen atoms in total. The topological polar surface area (TPSA) is 111 Å². The average Bonchev–Trinajstić information content (AvgIpc) is 2.83. The monoisotopic (exact) mass is 443 g/mol. The lowest BCUT2D eigenvalue weighted by Gasteiger charge is -2.37. The Hall–Kier alpha value is -3.14. The van der Waals surface area contributed by atoms with Crippen LogP contribution in [0.1, 0.15) is 29.6 Å². The third-order valence-corrected chi connectivity index (χ3v) is 6.34. The molecule has 10 heteroatoms. The summed E-state index contributed by atoms with van der Waals surface area (Å²) in [5, 5.41) is 5.56. The zero-order chi connectivity index (χ0) is 22.7. The maximum absolute atomic E-state index is 13.1. The highest BCUT2D eigenvalue weighted by molar-refractivity contribution is 6.06. The fourth-order valence-electron chi connectivity index (χ4n) is 4.47. The van der Waals surface area contributed by atoms with E-state index in [1.54, 1.807) is 23.1 Å². The molecule has 0 saturated carbocycles. The minimum atomic E-state index is -0.506. The van der Waals surface area contributed by atoms with Crippen molar-refractivity contribution in [3.05, 3.63) is 23.8 Å². The largest absolute Gasteiger partial charge is 0.495 e. The fourth-order valence-corrected chi connectivity index (χ4v) is 4.47. The number of methoxy groups -OCH3 is 1. The predicted octanol–water partition coefficient (Wildman–Crippen LogP) is 0.426. The first-order chi connectivity index (χ1) is 15.5. The Morgan fingerprint density at radius 2 is 1.69 bits per heavy atom. The Morgan fingerprint density at radius 1 is 1.00 bits per heavy atom. The van der Waals surface area contributed by atoms with Crippen LogP contribution in [0.3, 0.4) is 0 Å². The molecule has 0 aromatic heterocycles. The zero-order valence-corrected chi connectivity index (χ0v) is 18.3. The van der Waals surface area contributed by atoms with Gasteiger partial charge in [0.2, 0.25) is 11.8 Å². The van der Waals surface area contributed by atoms with Crippen molar-refractivity contribution in [3.8, 4) is 5.75 Å². The maximum Gasteiger partial charge on any atom is 0.328 e. The van der Waals surface area contributed by atoms with Crippen LogP contribution in [0, 0.1) is 5.92 Å². The quantitative estimate of drug-likeness (QED) is 0.698. The number of hydrogen-bond donors (Lipinski definition) is 2. The summed E-state index contributed by atoms with van der Waals surface area (Å²) >= 11 is 0. The highest BCUT2D eigenvalue weighted by atomic mass is 16.5. The Morgan fingerprint density at radius 3 is 2.34 bits per heavy atom. The smallest absolute Gasteiger partial charge is 0.328 e. The molecule has 0 aliphatic carbocycles. The van der Waals surface area contributed by atoms with Crippen molar-refractivity contribution in [2.24, 2.45) is 5.92 Å². The van der Waals surface area contributed by atoms with E-state index < -0.39 is 6.03 Å². The number of carbonyl (C=O) groups excluding carboxylic acids is 4. The lowest BCUT2D eigenvalue weighted by molar-refractivity contribution is -0.137. The first-order valence-corrected chi connectivity index (χ1v) is 11.1. The number of piperidine rings is 1. The zero-order valence-electron chi connectivity index (χ0n) is 18.3. The van der Waals surface area contributed by atoms with E-state index in [0.29, 0.717) is 43.2 Å². The summed E-state index contributed by atoms with van der Waals surface area (Å²) < 4.78 is 5.43. The Labute approximate surface area is 186 Å². The molecule has 3 heterocycles. The van der Waals surface area contributed by atoms with Gasteiger partial charge < -0.3 is 19.9 Å². The number of hydrogen-bond acceptors (Lipinski definition) is 6. The molecular weight excluding hydrogens is 414 g/mol. The molecule has 0 bridgehead atoms. The lowest BCUT2D eigenvalue weighted by Crippen LogP contribution is -2.52. The molecule has 3 aliphatic heterocycles. The second-order valence-corrected chi connectivity index (χ2v) is 8.28. The number of anilines is 1. The van der Waals surface area contributed by atoms with E-state index in [1.165, 1.54) is 12.0 Å². The summed E-state index contributed by atoms with van der Waals surface area (Å²) in [6.07, 6.45) is 1.94. The van der Waals surface area contributed by atoms with Crippen LogP contribution in [0.15, 0.2) is 18.2 Å². The van der Waals surface area contributed by atoms with Crippen LogP contribution >= 0.6 is 0 Å². The Kier molecular flexibility index (Phi) is 6.59. The summed E-state index contributed by atoms with van der Waals surface area (Å²) in [7, 11) is 1.48. The molecule has 3 aliphatic rings. The summed E-state index contributed by atoms with van der Waals surface area (Å²) in [6, 6.07) is 4.44. The van der Waals surface area contributed by atoms with Crippen molar-refractivity contribution < 1.29 is 23.9 Å². The Bertz CT molecular complexity index is 906. The van der Waals surface area contributed by atoms with E-state index in [-0.39, 0.29) is 36.6 Å². The van der Waals surface area contributed by atoms with Gasteiger partial charge in [-0.1, -0.05) is 0 Å². The van der Waals surface area contributed by atoms with Crippen molar-refractivity contribution in [3.63, 3.8) is 0 Å². The molecule has 0 atom stereocenters.